The fourth-order valence-electron chi connectivity index (χ4n) is 3.88. The standard InChI is InChI=1S/C19H23ClFNO5/c1-3-26-19(25)10(2)27-16-9-15(14(21)8-13(16)20)22-17(23)11-6-4-5-7-12(11)18(22)24/h8-12,17,23H,3-7H2,1-2H3. The Balaban J connectivity index is 1.90. The van der Waals surface area contributed by atoms with Crippen molar-refractivity contribution in [1.29, 1.82) is 0 Å². The van der Waals surface area contributed by atoms with E-state index in [9.17, 15) is 19.1 Å². The number of carbonyl (C=O) groups is 2. The van der Waals surface area contributed by atoms with Crippen LogP contribution in [0, 0.1) is 17.7 Å². The summed E-state index contributed by atoms with van der Waals surface area (Å²) in [5, 5.41) is 10.6. The molecule has 1 saturated carbocycles. The molecule has 2 fully saturated rings. The molecule has 148 valence electrons. The molecule has 0 bridgehead atoms. The molecule has 1 heterocycles. The van der Waals surface area contributed by atoms with Gasteiger partial charge in [-0.15, -0.1) is 0 Å². The first-order valence-corrected chi connectivity index (χ1v) is 9.56. The van der Waals surface area contributed by atoms with E-state index in [1.165, 1.54) is 13.0 Å². The third-order valence-electron chi connectivity index (χ3n) is 5.20. The molecule has 1 aliphatic heterocycles. The van der Waals surface area contributed by atoms with Crippen molar-refractivity contribution in [3.05, 3.63) is 23.0 Å². The van der Waals surface area contributed by atoms with Crippen LogP contribution in [0.1, 0.15) is 39.5 Å². The van der Waals surface area contributed by atoms with Crippen LogP contribution in [-0.2, 0) is 14.3 Å². The molecule has 1 N–H and O–H groups in total. The molecular weight excluding hydrogens is 377 g/mol. The average Bonchev–Trinajstić information content (AvgIpc) is 2.89. The molecule has 2 aliphatic rings. The number of anilines is 1. The van der Waals surface area contributed by atoms with E-state index in [0.717, 1.165) is 30.2 Å². The van der Waals surface area contributed by atoms with Gasteiger partial charge >= 0.3 is 5.97 Å². The molecule has 0 radical (unpaired) electrons. The van der Waals surface area contributed by atoms with Crippen LogP contribution in [0.5, 0.6) is 5.75 Å². The molecule has 4 unspecified atom stereocenters. The lowest BCUT2D eigenvalue weighted by molar-refractivity contribution is -0.150. The van der Waals surface area contributed by atoms with Gasteiger partial charge in [0.1, 0.15) is 17.8 Å². The summed E-state index contributed by atoms with van der Waals surface area (Å²) in [6.07, 6.45) is 1.23. The second-order valence-corrected chi connectivity index (χ2v) is 7.33. The zero-order valence-corrected chi connectivity index (χ0v) is 16.0. The van der Waals surface area contributed by atoms with E-state index in [0.29, 0.717) is 6.42 Å². The van der Waals surface area contributed by atoms with E-state index in [4.69, 9.17) is 21.1 Å². The number of hydrogen-bond donors (Lipinski definition) is 1. The SMILES string of the molecule is CCOC(=O)C(C)Oc1cc(N2C(=O)C3CCCCC3C2O)c(F)cc1Cl. The van der Waals surface area contributed by atoms with Crippen molar-refractivity contribution < 1.29 is 28.6 Å². The van der Waals surface area contributed by atoms with Crippen molar-refractivity contribution in [2.45, 2.75) is 51.9 Å². The first-order valence-electron chi connectivity index (χ1n) is 9.18. The van der Waals surface area contributed by atoms with Crippen LogP contribution in [0.4, 0.5) is 10.1 Å². The van der Waals surface area contributed by atoms with Gasteiger partial charge in [0.15, 0.2) is 6.10 Å². The van der Waals surface area contributed by atoms with Crippen molar-refractivity contribution in [2.24, 2.45) is 11.8 Å². The number of hydrogen-bond acceptors (Lipinski definition) is 5. The van der Waals surface area contributed by atoms with E-state index in [2.05, 4.69) is 0 Å². The van der Waals surface area contributed by atoms with Crippen LogP contribution in [-0.4, -0.2) is 35.9 Å². The molecule has 1 aromatic carbocycles. The largest absolute Gasteiger partial charge is 0.477 e. The Kier molecular flexibility index (Phi) is 5.91. The quantitative estimate of drug-likeness (QED) is 0.769. The first-order chi connectivity index (χ1) is 12.8. The highest BCUT2D eigenvalue weighted by Gasteiger charge is 2.49. The number of halogens is 2. The van der Waals surface area contributed by atoms with Gasteiger partial charge in [0.2, 0.25) is 5.91 Å². The number of benzene rings is 1. The van der Waals surface area contributed by atoms with Gasteiger partial charge in [-0.2, -0.15) is 0 Å². The molecule has 0 aromatic heterocycles. The van der Waals surface area contributed by atoms with Crippen molar-refractivity contribution >= 4 is 29.2 Å². The smallest absolute Gasteiger partial charge is 0.347 e. The fraction of sp³-hybridized carbons (Fsp3) is 0.579. The Labute approximate surface area is 162 Å². The molecule has 1 amide bonds. The Bertz CT molecular complexity index is 743. The minimum Gasteiger partial charge on any atom is -0.477 e. The molecule has 8 heteroatoms. The van der Waals surface area contributed by atoms with E-state index >= 15 is 0 Å². The minimum absolute atomic E-state index is 0.0362. The van der Waals surface area contributed by atoms with Gasteiger partial charge in [-0.25, -0.2) is 9.18 Å². The second kappa shape index (κ2) is 8.02. The summed E-state index contributed by atoms with van der Waals surface area (Å²) in [5.74, 6) is -2.07. The van der Waals surface area contributed by atoms with E-state index < -0.39 is 24.1 Å². The number of amides is 1. The number of fused-ring (bicyclic) bond motifs is 1. The molecule has 4 atom stereocenters. The zero-order chi connectivity index (χ0) is 19.7. The van der Waals surface area contributed by atoms with Crippen LogP contribution in [0.2, 0.25) is 5.02 Å². The third kappa shape index (κ3) is 3.75. The number of aliphatic hydroxyl groups is 1. The van der Waals surface area contributed by atoms with Gasteiger partial charge < -0.3 is 14.6 Å². The average molecular weight is 400 g/mol. The van der Waals surface area contributed by atoms with Crippen molar-refractivity contribution in [3.63, 3.8) is 0 Å². The summed E-state index contributed by atoms with van der Waals surface area (Å²) in [6.45, 7) is 3.36. The van der Waals surface area contributed by atoms with Gasteiger partial charge in [-0.1, -0.05) is 24.4 Å². The number of aliphatic hydroxyl groups excluding tert-OH is 1. The van der Waals surface area contributed by atoms with E-state index in [1.54, 1.807) is 6.92 Å². The van der Waals surface area contributed by atoms with Crippen LogP contribution in [0.15, 0.2) is 12.1 Å². The lowest BCUT2D eigenvalue weighted by Gasteiger charge is -2.26. The number of ether oxygens (including phenoxy) is 2. The first kappa shape index (κ1) is 19.9. The van der Waals surface area contributed by atoms with Crippen molar-refractivity contribution in [3.8, 4) is 5.75 Å². The topological polar surface area (TPSA) is 76.1 Å². The summed E-state index contributed by atoms with van der Waals surface area (Å²) in [7, 11) is 0. The molecule has 3 rings (SSSR count). The van der Waals surface area contributed by atoms with Gasteiger partial charge in [0, 0.05) is 17.9 Å². The van der Waals surface area contributed by atoms with Gasteiger partial charge in [-0.05, 0) is 32.8 Å². The Morgan fingerprint density at radius 3 is 2.78 bits per heavy atom. The van der Waals surface area contributed by atoms with Crippen LogP contribution in [0.3, 0.4) is 0 Å². The van der Waals surface area contributed by atoms with Crippen LogP contribution < -0.4 is 9.64 Å². The number of esters is 1. The van der Waals surface area contributed by atoms with E-state index in [-0.39, 0.29) is 40.8 Å². The normalized spacial score (nSPS) is 25.9. The number of nitrogens with zero attached hydrogens (tertiary/aromatic N) is 1. The summed E-state index contributed by atoms with van der Waals surface area (Å²) >= 11 is 6.05. The van der Waals surface area contributed by atoms with E-state index in [1.807, 2.05) is 0 Å². The highest BCUT2D eigenvalue weighted by atomic mass is 35.5. The lowest BCUT2D eigenvalue weighted by atomic mass is 9.81. The summed E-state index contributed by atoms with van der Waals surface area (Å²) in [5.41, 5.74) is -0.0997. The molecule has 1 aliphatic carbocycles. The minimum atomic E-state index is -1.09. The number of rotatable bonds is 5. The van der Waals surface area contributed by atoms with Gasteiger partial charge in [0.25, 0.3) is 0 Å². The van der Waals surface area contributed by atoms with Gasteiger partial charge in [-0.3, -0.25) is 9.69 Å². The molecule has 27 heavy (non-hydrogen) atoms. The Hall–Kier alpha value is -1.86. The fourth-order valence-corrected chi connectivity index (χ4v) is 4.07. The predicted molar refractivity (Wildman–Crippen MR) is 97.1 cm³/mol. The maximum atomic E-state index is 14.6. The summed E-state index contributed by atoms with van der Waals surface area (Å²) < 4.78 is 25.0. The zero-order valence-electron chi connectivity index (χ0n) is 15.3. The maximum absolute atomic E-state index is 14.6. The summed E-state index contributed by atoms with van der Waals surface area (Å²) in [4.78, 5) is 25.6. The van der Waals surface area contributed by atoms with Crippen molar-refractivity contribution in [2.75, 3.05) is 11.5 Å². The number of carbonyl (C=O) groups excluding carboxylic acids is 2. The molecule has 1 aromatic rings. The molecule has 1 saturated heterocycles. The van der Waals surface area contributed by atoms with Crippen molar-refractivity contribution in [1.82, 2.24) is 0 Å². The Morgan fingerprint density at radius 1 is 1.41 bits per heavy atom. The van der Waals surface area contributed by atoms with Gasteiger partial charge in [0.05, 0.1) is 17.3 Å². The summed E-state index contributed by atoms with van der Waals surface area (Å²) in [6, 6.07) is 2.28. The molecule has 0 spiro atoms. The monoisotopic (exact) mass is 399 g/mol. The Morgan fingerprint density at radius 2 is 2.11 bits per heavy atom. The third-order valence-corrected chi connectivity index (χ3v) is 5.50. The highest BCUT2D eigenvalue weighted by molar-refractivity contribution is 6.32. The molecule has 6 nitrogen and oxygen atoms in total. The van der Waals surface area contributed by atoms with Crippen LogP contribution >= 0.6 is 11.6 Å². The highest BCUT2D eigenvalue weighted by Crippen LogP contribution is 2.44. The molecular formula is C19H23ClFNO5. The second-order valence-electron chi connectivity index (χ2n) is 6.92. The lowest BCUT2D eigenvalue weighted by Crippen LogP contribution is -2.36. The predicted octanol–water partition coefficient (Wildman–Crippen LogP) is 3.28. The van der Waals surface area contributed by atoms with Crippen LogP contribution in [0.25, 0.3) is 0 Å². The maximum Gasteiger partial charge on any atom is 0.347 e.